The lowest BCUT2D eigenvalue weighted by atomic mass is 10.0. The molecule has 0 aliphatic carbocycles. The summed E-state index contributed by atoms with van der Waals surface area (Å²) in [5.74, 6) is -1.20. The summed E-state index contributed by atoms with van der Waals surface area (Å²) >= 11 is 0. The third-order valence-electron chi connectivity index (χ3n) is 5.66. The van der Waals surface area contributed by atoms with Crippen LogP contribution in [0.2, 0.25) is 0 Å². The number of pyridine rings is 2. The lowest BCUT2D eigenvalue weighted by molar-refractivity contribution is -0.137. The molecule has 4 rings (SSSR count). The number of anilines is 1. The van der Waals surface area contributed by atoms with E-state index < -0.39 is 23.5 Å². The summed E-state index contributed by atoms with van der Waals surface area (Å²) < 4.78 is 55.2. The van der Waals surface area contributed by atoms with Gasteiger partial charge in [-0.15, -0.1) is 0 Å². The molecule has 0 aliphatic rings. The van der Waals surface area contributed by atoms with Gasteiger partial charge in [0.1, 0.15) is 11.6 Å². The molecule has 0 aliphatic heterocycles. The molecule has 3 heterocycles. The second-order valence-corrected chi connectivity index (χ2v) is 8.34. The summed E-state index contributed by atoms with van der Waals surface area (Å²) in [7, 11) is 1.72. The van der Waals surface area contributed by atoms with E-state index >= 15 is 4.39 Å². The Kier molecular flexibility index (Phi) is 5.66. The van der Waals surface area contributed by atoms with Crippen molar-refractivity contribution in [1.82, 2.24) is 24.6 Å². The van der Waals surface area contributed by atoms with E-state index in [2.05, 4.69) is 15.1 Å². The fraction of sp³-hybridized carbons (Fsp3) is 0.304. The fourth-order valence-electron chi connectivity index (χ4n) is 3.97. The summed E-state index contributed by atoms with van der Waals surface area (Å²) in [5.41, 5.74) is 6.77. The Morgan fingerprint density at radius 3 is 2.53 bits per heavy atom. The first-order valence-corrected chi connectivity index (χ1v) is 10.4. The molecule has 1 amide bonds. The van der Waals surface area contributed by atoms with Gasteiger partial charge in [0.25, 0.3) is 5.91 Å². The zero-order valence-electron chi connectivity index (χ0n) is 18.9. The van der Waals surface area contributed by atoms with Gasteiger partial charge in [-0.05, 0) is 39.0 Å². The predicted molar refractivity (Wildman–Crippen MR) is 119 cm³/mol. The van der Waals surface area contributed by atoms with E-state index in [0.29, 0.717) is 28.2 Å². The van der Waals surface area contributed by atoms with Crippen LogP contribution in [0.3, 0.4) is 0 Å². The predicted octanol–water partition coefficient (Wildman–Crippen LogP) is 4.62. The number of rotatable bonds is 4. The smallest absolute Gasteiger partial charge is 0.383 e. The van der Waals surface area contributed by atoms with E-state index in [9.17, 15) is 18.0 Å². The number of carbonyl (C=O) groups is 1. The summed E-state index contributed by atoms with van der Waals surface area (Å²) in [6.07, 6.45) is -3.80. The number of halogens is 4. The van der Waals surface area contributed by atoms with Crippen molar-refractivity contribution in [2.75, 3.05) is 5.73 Å². The quantitative estimate of drug-likeness (QED) is 0.436. The molecule has 0 spiro atoms. The van der Waals surface area contributed by atoms with Crippen molar-refractivity contribution in [3.05, 3.63) is 58.8 Å². The maximum Gasteiger partial charge on any atom is 0.417 e. The number of aryl methyl sites for hydroxylation is 2. The molecule has 0 saturated heterocycles. The standard InChI is InChI=1S/C23H22F4N6O/c1-11(2)33(10-14-6-5-13(9-29-14)23(25,26)27)22(34)15-7-16-18(8-17(15)24)30-21(28)19-12(3)31-32(4)20(16)19/h5-9,11H,10H2,1-4H3,(H2,28,30). The number of aromatic nitrogens is 4. The highest BCUT2D eigenvalue weighted by molar-refractivity contribution is 6.11. The summed E-state index contributed by atoms with van der Waals surface area (Å²) in [6, 6.07) is 4.29. The van der Waals surface area contributed by atoms with Crippen molar-refractivity contribution < 1.29 is 22.4 Å². The van der Waals surface area contributed by atoms with Crippen molar-refractivity contribution in [2.24, 2.45) is 7.05 Å². The molecule has 0 radical (unpaired) electrons. The van der Waals surface area contributed by atoms with Crippen LogP contribution in [0.5, 0.6) is 0 Å². The molecular weight excluding hydrogens is 452 g/mol. The minimum absolute atomic E-state index is 0.0909. The molecule has 178 valence electrons. The SMILES string of the molecule is Cc1nn(C)c2c1c(N)nc1cc(F)c(C(=O)N(Cc3ccc(C(F)(F)F)cn3)C(C)C)cc12. The molecule has 7 nitrogen and oxygen atoms in total. The van der Waals surface area contributed by atoms with Gasteiger partial charge >= 0.3 is 6.18 Å². The third kappa shape index (κ3) is 4.02. The van der Waals surface area contributed by atoms with Crippen molar-refractivity contribution in [2.45, 2.75) is 39.5 Å². The molecule has 2 N–H and O–H groups in total. The van der Waals surface area contributed by atoms with Crippen LogP contribution in [0.25, 0.3) is 21.8 Å². The summed E-state index contributed by atoms with van der Waals surface area (Å²) in [6.45, 7) is 5.14. The van der Waals surface area contributed by atoms with Gasteiger partial charge in [0.2, 0.25) is 0 Å². The molecule has 11 heteroatoms. The minimum Gasteiger partial charge on any atom is -0.383 e. The van der Waals surface area contributed by atoms with Gasteiger partial charge in [0, 0.05) is 30.7 Å². The molecule has 1 aromatic carbocycles. The fourth-order valence-corrected chi connectivity index (χ4v) is 3.97. The average Bonchev–Trinajstić information content (AvgIpc) is 3.05. The van der Waals surface area contributed by atoms with Crippen LogP contribution in [-0.4, -0.2) is 36.6 Å². The van der Waals surface area contributed by atoms with E-state index in [1.807, 2.05) is 0 Å². The molecule has 4 aromatic rings. The van der Waals surface area contributed by atoms with Crippen LogP contribution >= 0.6 is 0 Å². The lowest BCUT2D eigenvalue weighted by Crippen LogP contribution is -2.37. The van der Waals surface area contributed by atoms with E-state index in [1.54, 1.807) is 32.5 Å². The van der Waals surface area contributed by atoms with Gasteiger partial charge in [-0.1, -0.05) is 0 Å². The zero-order chi connectivity index (χ0) is 24.9. The second kappa shape index (κ2) is 8.23. The number of hydrogen-bond acceptors (Lipinski definition) is 5. The van der Waals surface area contributed by atoms with Crippen molar-refractivity contribution in [3.63, 3.8) is 0 Å². The first-order valence-electron chi connectivity index (χ1n) is 10.4. The maximum atomic E-state index is 15.1. The number of benzene rings is 1. The molecule has 34 heavy (non-hydrogen) atoms. The number of nitrogen functional groups attached to an aromatic ring is 1. The number of nitrogens with zero attached hydrogens (tertiary/aromatic N) is 5. The molecular formula is C23H22F4N6O. The highest BCUT2D eigenvalue weighted by Crippen LogP contribution is 2.32. The maximum absolute atomic E-state index is 15.1. The highest BCUT2D eigenvalue weighted by atomic mass is 19.4. The third-order valence-corrected chi connectivity index (χ3v) is 5.66. The van der Waals surface area contributed by atoms with Gasteiger partial charge in [-0.25, -0.2) is 9.37 Å². The molecule has 3 aromatic heterocycles. The van der Waals surface area contributed by atoms with Crippen LogP contribution in [0.15, 0.2) is 30.5 Å². The number of carbonyl (C=O) groups excluding carboxylic acids is 1. The van der Waals surface area contributed by atoms with Crippen molar-refractivity contribution in [1.29, 1.82) is 0 Å². The van der Waals surface area contributed by atoms with Gasteiger partial charge in [-0.3, -0.25) is 14.5 Å². The Hall–Kier alpha value is -3.76. The normalized spacial score (nSPS) is 12.1. The Morgan fingerprint density at radius 1 is 1.24 bits per heavy atom. The van der Waals surface area contributed by atoms with Crippen molar-refractivity contribution >= 4 is 33.5 Å². The highest BCUT2D eigenvalue weighted by Gasteiger charge is 2.31. The first-order chi connectivity index (χ1) is 15.9. The van der Waals surface area contributed by atoms with Gasteiger partial charge in [0.15, 0.2) is 0 Å². The van der Waals surface area contributed by atoms with Gasteiger partial charge < -0.3 is 10.6 Å². The van der Waals surface area contributed by atoms with Crippen LogP contribution in [0.4, 0.5) is 23.4 Å². The largest absolute Gasteiger partial charge is 0.417 e. The number of nitrogens with two attached hydrogens (primary N) is 1. The van der Waals surface area contributed by atoms with Crippen molar-refractivity contribution in [3.8, 4) is 0 Å². The Bertz CT molecular complexity index is 1410. The second-order valence-electron chi connectivity index (χ2n) is 8.34. The number of hydrogen-bond donors (Lipinski definition) is 1. The average molecular weight is 474 g/mol. The Morgan fingerprint density at radius 2 is 1.94 bits per heavy atom. The lowest BCUT2D eigenvalue weighted by Gasteiger charge is -2.27. The molecule has 0 atom stereocenters. The Balaban J connectivity index is 1.77. The first kappa shape index (κ1) is 23.4. The zero-order valence-corrected chi connectivity index (χ0v) is 18.9. The summed E-state index contributed by atoms with van der Waals surface area (Å²) in [5, 5.41) is 5.49. The number of amides is 1. The van der Waals surface area contributed by atoms with Crippen LogP contribution in [0.1, 0.15) is 41.2 Å². The molecule has 0 saturated carbocycles. The van der Waals surface area contributed by atoms with Crippen LogP contribution < -0.4 is 5.73 Å². The molecule has 0 fully saturated rings. The minimum atomic E-state index is -4.51. The van der Waals surface area contributed by atoms with E-state index in [4.69, 9.17) is 5.73 Å². The van der Waals surface area contributed by atoms with Crippen LogP contribution in [0, 0.1) is 12.7 Å². The van der Waals surface area contributed by atoms with Gasteiger partial charge in [0.05, 0.1) is 45.5 Å². The molecule has 0 bridgehead atoms. The van der Waals surface area contributed by atoms with E-state index in [1.165, 1.54) is 17.0 Å². The Labute approximate surface area is 192 Å². The number of alkyl halides is 3. The van der Waals surface area contributed by atoms with Crippen LogP contribution in [-0.2, 0) is 19.8 Å². The monoisotopic (exact) mass is 474 g/mol. The molecule has 0 unspecified atom stereocenters. The number of fused-ring (bicyclic) bond motifs is 3. The van der Waals surface area contributed by atoms with E-state index in [0.717, 1.165) is 12.1 Å². The van der Waals surface area contributed by atoms with E-state index in [-0.39, 0.29) is 35.2 Å². The van der Waals surface area contributed by atoms with Gasteiger partial charge in [-0.2, -0.15) is 18.3 Å². The topological polar surface area (TPSA) is 89.9 Å². The summed E-state index contributed by atoms with van der Waals surface area (Å²) in [4.78, 5) is 22.8.